The number of thiophene rings is 1. The fourth-order valence-electron chi connectivity index (χ4n) is 2.89. The van der Waals surface area contributed by atoms with Crippen LogP contribution in [0.25, 0.3) is 0 Å². The molecule has 4 nitrogen and oxygen atoms in total. The van der Waals surface area contributed by atoms with E-state index in [1.54, 1.807) is 35.6 Å². The van der Waals surface area contributed by atoms with Crippen molar-refractivity contribution in [2.75, 3.05) is 5.32 Å². The van der Waals surface area contributed by atoms with E-state index < -0.39 is 6.09 Å². The first-order valence-corrected chi connectivity index (χ1v) is 9.29. The van der Waals surface area contributed by atoms with E-state index in [0.29, 0.717) is 16.6 Å². The Morgan fingerprint density at radius 1 is 1.33 bits per heavy atom. The van der Waals surface area contributed by atoms with Gasteiger partial charge in [-0.15, -0.1) is 11.3 Å². The van der Waals surface area contributed by atoms with Crippen LogP contribution in [0.4, 0.5) is 10.5 Å². The van der Waals surface area contributed by atoms with Crippen molar-refractivity contribution in [3.8, 4) is 0 Å². The lowest BCUT2D eigenvalue weighted by Crippen LogP contribution is -2.22. The molecule has 0 spiro atoms. The molecule has 126 valence electrons. The van der Waals surface area contributed by atoms with Crippen LogP contribution in [0.1, 0.15) is 30.6 Å². The Balaban J connectivity index is 1.59. The van der Waals surface area contributed by atoms with Crippen molar-refractivity contribution >= 4 is 40.4 Å². The maximum atomic E-state index is 11.9. The van der Waals surface area contributed by atoms with Crippen molar-refractivity contribution in [2.45, 2.75) is 32.1 Å². The van der Waals surface area contributed by atoms with Gasteiger partial charge in [0.1, 0.15) is 0 Å². The number of carbonyl (C=O) groups excluding carboxylic acids is 1. The standard InChI is InChI=1S/C18H19ClN2O2S/c19-14-6-3-7-15(12-14)20-18(22)23-21-17-9-2-1-5-13(17)11-16-8-4-10-24-16/h3-4,6-8,10,12-13H,1-2,5,9,11H2,(H,20,22)/b21-17+. The number of hydrogen-bond acceptors (Lipinski definition) is 4. The van der Waals surface area contributed by atoms with Gasteiger partial charge in [0.25, 0.3) is 0 Å². The van der Waals surface area contributed by atoms with Crippen LogP contribution in [0, 0.1) is 5.92 Å². The topological polar surface area (TPSA) is 50.7 Å². The van der Waals surface area contributed by atoms with Crippen LogP contribution in [0.15, 0.2) is 46.9 Å². The molecule has 0 saturated heterocycles. The Kier molecular flexibility index (Phi) is 5.88. The summed E-state index contributed by atoms with van der Waals surface area (Å²) in [6.07, 6.45) is 4.65. The average molecular weight is 363 g/mol. The molecule has 1 unspecified atom stereocenters. The lowest BCUT2D eigenvalue weighted by molar-refractivity contribution is 0.165. The first-order chi connectivity index (χ1) is 11.7. The Bertz CT molecular complexity index is 716. The monoisotopic (exact) mass is 362 g/mol. The highest BCUT2D eigenvalue weighted by Crippen LogP contribution is 2.27. The molecule has 1 aromatic carbocycles. The second kappa shape index (κ2) is 8.31. The molecule has 0 aliphatic heterocycles. The fourth-order valence-corrected chi connectivity index (χ4v) is 3.86. The molecular formula is C18H19ClN2O2S. The van der Waals surface area contributed by atoms with Crippen LogP contribution in [-0.4, -0.2) is 11.8 Å². The molecular weight excluding hydrogens is 344 g/mol. The number of oxime groups is 1. The first kappa shape index (κ1) is 17.0. The second-order valence-electron chi connectivity index (χ2n) is 5.82. The van der Waals surface area contributed by atoms with Gasteiger partial charge in [0.05, 0.1) is 5.71 Å². The number of halogens is 1. The first-order valence-electron chi connectivity index (χ1n) is 8.03. The Morgan fingerprint density at radius 2 is 2.25 bits per heavy atom. The zero-order chi connectivity index (χ0) is 16.8. The molecule has 1 saturated carbocycles. The van der Waals surface area contributed by atoms with Gasteiger partial charge in [-0.2, -0.15) is 0 Å². The summed E-state index contributed by atoms with van der Waals surface area (Å²) in [5.41, 5.74) is 1.57. The zero-order valence-corrected chi connectivity index (χ0v) is 14.8. The summed E-state index contributed by atoms with van der Waals surface area (Å²) in [6, 6.07) is 11.1. The third-order valence-electron chi connectivity index (χ3n) is 4.05. The maximum absolute atomic E-state index is 11.9. The van der Waals surface area contributed by atoms with Crippen LogP contribution in [-0.2, 0) is 11.3 Å². The molecule has 1 aliphatic carbocycles. The summed E-state index contributed by atoms with van der Waals surface area (Å²) in [6.45, 7) is 0. The molecule has 1 aliphatic rings. The SMILES string of the molecule is O=C(Nc1cccc(Cl)c1)O/N=C1\CCCCC1Cc1cccs1. The quantitative estimate of drug-likeness (QED) is 0.557. The van der Waals surface area contributed by atoms with Gasteiger partial charge in [0.2, 0.25) is 0 Å². The number of benzene rings is 1. The summed E-state index contributed by atoms with van der Waals surface area (Å²) >= 11 is 7.65. The molecule has 2 aromatic rings. The van der Waals surface area contributed by atoms with E-state index in [2.05, 4.69) is 28.0 Å². The lowest BCUT2D eigenvalue weighted by atomic mass is 9.85. The highest BCUT2D eigenvalue weighted by Gasteiger charge is 2.22. The molecule has 0 radical (unpaired) electrons. The Labute approximate surface area is 150 Å². The number of rotatable bonds is 4. The van der Waals surface area contributed by atoms with E-state index in [-0.39, 0.29) is 0 Å². The van der Waals surface area contributed by atoms with E-state index in [1.165, 1.54) is 11.3 Å². The summed E-state index contributed by atoms with van der Waals surface area (Å²) in [4.78, 5) is 18.3. The Hall–Kier alpha value is -1.85. The predicted octanol–water partition coefficient (Wildman–Crippen LogP) is 5.74. The number of carbonyl (C=O) groups is 1. The van der Waals surface area contributed by atoms with Crippen molar-refractivity contribution in [3.05, 3.63) is 51.7 Å². The largest absolute Gasteiger partial charge is 0.437 e. The van der Waals surface area contributed by atoms with Gasteiger partial charge in [0, 0.05) is 21.5 Å². The number of hydrogen-bond donors (Lipinski definition) is 1. The maximum Gasteiger partial charge on any atom is 0.437 e. The van der Waals surface area contributed by atoms with Crippen molar-refractivity contribution in [1.82, 2.24) is 0 Å². The predicted molar refractivity (Wildman–Crippen MR) is 99.0 cm³/mol. The van der Waals surface area contributed by atoms with Gasteiger partial charge in [-0.25, -0.2) is 4.79 Å². The lowest BCUT2D eigenvalue weighted by Gasteiger charge is -2.22. The number of anilines is 1. The number of nitrogens with zero attached hydrogens (tertiary/aromatic N) is 1. The van der Waals surface area contributed by atoms with E-state index in [1.807, 2.05) is 0 Å². The molecule has 1 aromatic heterocycles. The summed E-state index contributed by atoms with van der Waals surface area (Å²) in [7, 11) is 0. The fraction of sp³-hybridized carbons (Fsp3) is 0.333. The average Bonchev–Trinajstić information content (AvgIpc) is 3.07. The molecule has 24 heavy (non-hydrogen) atoms. The molecule has 1 fully saturated rings. The summed E-state index contributed by atoms with van der Waals surface area (Å²) < 4.78 is 0. The van der Waals surface area contributed by atoms with Crippen molar-refractivity contribution < 1.29 is 9.63 Å². The van der Waals surface area contributed by atoms with Gasteiger partial charge >= 0.3 is 6.09 Å². The van der Waals surface area contributed by atoms with Crippen molar-refractivity contribution in [3.63, 3.8) is 0 Å². The molecule has 1 atom stereocenters. The molecule has 1 amide bonds. The summed E-state index contributed by atoms with van der Waals surface area (Å²) in [5, 5.41) is 9.42. The van der Waals surface area contributed by atoms with Gasteiger partial charge in [-0.1, -0.05) is 35.3 Å². The molecule has 0 bridgehead atoms. The van der Waals surface area contributed by atoms with Crippen LogP contribution in [0.3, 0.4) is 0 Å². The van der Waals surface area contributed by atoms with Crippen LogP contribution < -0.4 is 5.32 Å². The Morgan fingerprint density at radius 3 is 3.04 bits per heavy atom. The minimum atomic E-state index is -0.592. The van der Waals surface area contributed by atoms with Crippen LogP contribution >= 0.6 is 22.9 Å². The second-order valence-corrected chi connectivity index (χ2v) is 7.29. The highest BCUT2D eigenvalue weighted by atomic mass is 35.5. The smallest absolute Gasteiger partial charge is 0.298 e. The zero-order valence-electron chi connectivity index (χ0n) is 13.2. The third-order valence-corrected chi connectivity index (χ3v) is 5.19. The molecule has 3 rings (SSSR count). The van der Waals surface area contributed by atoms with E-state index >= 15 is 0 Å². The molecule has 1 N–H and O–H groups in total. The van der Waals surface area contributed by atoms with Gasteiger partial charge in [-0.3, -0.25) is 10.2 Å². The molecule has 1 heterocycles. The van der Waals surface area contributed by atoms with Gasteiger partial charge < -0.3 is 0 Å². The van der Waals surface area contributed by atoms with Crippen LogP contribution in [0.2, 0.25) is 5.02 Å². The molecule has 6 heteroatoms. The third kappa shape index (κ3) is 4.82. The highest BCUT2D eigenvalue weighted by molar-refractivity contribution is 7.09. The number of amides is 1. The van der Waals surface area contributed by atoms with E-state index in [0.717, 1.165) is 31.4 Å². The minimum absolute atomic E-state index is 0.358. The van der Waals surface area contributed by atoms with Gasteiger partial charge in [0.15, 0.2) is 0 Å². The minimum Gasteiger partial charge on any atom is -0.298 e. The summed E-state index contributed by atoms with van der Waals surface area (Å²) in [5.74, 6) is 0.358. The van der Waals surface area contributed by atoms with E-state index in [4.69, 9.17) is 16.4 Å². The van der Waals surface area contributed by atoms with Crippen LogP contribution in [0.5, 0.6) is 0 Å². The normalized spacial score (nSPS) is 19.2. The van der Waals surface area contributed by atoms with Crippen molar-refractivity contribution in [2.24, 2.45) is 11.1 Å². The number of nitrogens with one attached hydrogen (secondary N) is 1. The van der Waals surface area contributed by atoms with Gasteiger partial charge in [-0.05, 0) is 55.3 Å². The van der Waals surface area contributed by atoms with E-state index in [9.17, 15) is 4.79 Å². The van der Waals surface area contributed by atoms with Crippen molar-refractivity contribution in [1.29, 1.82) is 0 Å².